The molecule has 15 heavy (non-hydrogen) atoms. The number of nitrogens with one attached hydrogen (secondary N) is 2. The highest BCUT2D eigenvalue weighted by Crippen LogP contribution is 2.02. The smallest absolute Gasteiger partial charge is 0.230 e. The summed E-state index contributed by atoms with van der Waals surface area (Å²) in [7, 11) is 0. The summed E-state index contributed by atoms with van der Waals surface area (Å²) in [6.07, 6.45) is 7.36. The van der Waals surface area contributed by atoms with E-state index in [9.17, 15) is 4.79 Å². The Hall–Kier alpha value is -1.46. The highest BCUT2D eigenvalue weighted by atomic mass is 32.1. The molecule has 4 nitrogen and oxygen atoms in total. The molecule has 0 aromatic rings. The molecule has 5 heteroatoms. The molecule has 0 aromatic heterocycles. The van der Waals surface area contributed by atoms with Crippen LogP contribution in [0.15, 0.2) is 36.5 Å². The van der Waals surface area contributed by atoms with E-state index in [0.29, 0.717) is 0 Å². The number of carbonyl (C=O) groups excluding carboxylic acids is 1. The van der Waals surface area contributed by atoms with Crippen molar-refractivity contribution in [3.05, 3.63) is 36.5 Å². The summed E-state index contributed by atoms with van der Waals surface area (Å²) < 4.78 is 0. The lowest BCUT2D eigenvalue weighted by atomic mass is 10.1. The molecule has 0 saturated carbocycles. The molecule has 0 unspecified atom stereocenters. The molecule has 0 radical (unpaired) electrons. The lowest BCUT2D eigenvalue weighted by molar-refractivity contribution is -0.119. The van der Waals surface area contributed by atoms with Crippen LogP contribution >= 0.6 is 12.2 Å². The average molecular weight is 225 g/mol. The quantitative estimate of drug-likeness (QED) is 0.288. The van der Waals surface area contributed by atoms with Gasteiger partial charge >= 0.3 is 0 Å². The van der Waals surface area contributed by atoms with Crippen molar-refractivity contribution in [1.82, 2.24) is 10.7 Å². The van der Waals surface area contributed by atoms with E-state index in [0.717, 1.165) is 5.57 Å². The van der Waals surface area contributed by atoms with Crippen molar-refractivity contribution in [3.8, 4) is 0 Å². The van der Waals surface area contributed by atoms with E-state index in [1.54, 1.807) is 6.08 Å². The van der Waals surface area contributed by atoms with Crippen LogP contribution < -0.4 is 16.6 Å². The van der Waals surface area contributed by atoms with E-state index in [1.165, 1.54) is 0 Å². The molecule has 1 amide bonds. The van der Waals surface area contributed by atoms with Gasteiger partial charge in [-0.05, 0) is 24.7 Å². The van der Waals surface area contributed by atoms with Crippen LogP contribution in [-0.2, 0) is 4.79 Å². The van der Waals surface area contributed by atoms with Crippen molar-refractivity contribution in [2.45, 2.75) is 13.3 Å². The molecule has 0 bridgehead atoms. The summed E-state index contributed by atoms with van der Waals surface area (Å²) >= 11 is 4.68. The molecule has 0 aliphatic rings. The van der Waals surface area contributed by atoms with Crippen LogP contribution in [0, 0.1) is 0 Å². The van der Waals surface area contributed by atoms with Crippen LogP contribution in [0.1, 0.15) is 13.3 Å². The van der Waals surface area contributed by atoms with E-state index in [4.69, 9.17) is 5.84 Å². The summed E-state index contributed by atoms with van der Waals surface area (Å²) in [5.41, 5.74) is 2.98. The number of nitrogens with two attached hydrogens (primary N) is 1. The number of rotatable bonds is 4. The van der Waals surface area contributed by atoms with Gasteiger partial charge in [-0.2, -0.15) is 0 Å². The number of allylic oxidation sites excluding steroid dienone is 4. The van der Waals surface area contributed by atoms with Crippen molar-refractivity contribution in [1.29, 1.82) is 0 Å². The van der Waals surface area contributed by atoms with Gasteiger partial charge in [0.2, 0.25) is 5.91 Å². The second kappa shape index (κ2) is 7.90. The summed E-state index contributed by atoms with van der Waals surface area (Å²) in [6, 6.07) is 0. The lowest BCUT2D eigenvalue weighted by Crippen LogP contribution is -2.42. The van der Waals surface area contributed by atoms with Gasteiger partial charge in [0, 0.05) is 0 Å². The molecule has 0 rings (SSSR count). The predicted octanol–water partition coefficient (Wildman–Crippen LogP) is 0.929. The molecule has 0 aromatic carbocycles. The molecular weight excluding hydrogens is 210 g/mol. The first kappa shape index (κ1) is 13.5. The molecule has 0 heterocycles. The Morgan fingerprint density at radius 1 is 1.60 bits per heavy atom. The molecule has 82 valence electrons. The zero-order valence-corrected chi connectivity index (χ0v) is 9.43. The average Bonchev–Trinajstić information content (AvgIpc) is 2.23. The Kier molecular flexibility index (Phi) is 7.13. The molecule has 0 atom stereocenters. The Labute approximate surface area is 94.9 Å². The third kappa shape index (κ3) is 6.59. The van der Waals surface area contributed by atoms with Crippen LogP contribution in [0.4, 0.5) is 0 Å². The zero-order valence-electron chi connectivity index (χ0n) is 8.62. The highest BCUT2D eigenvalue weighted by molar-refractivity contribution is 7.80. The van der Waals surface area contributed by atoms with Gasteiger partial charge in [-0.1, -0.05) is 30.9 Å². The summed E-state index contributed by atoms with van der Waals surface area (Å²) in [5, 5.41) is 2.52. The second-order valence-corrected chi connectivity index (χ2v) is 3.08. The van der Waals surface area contributed by atoms with Crippen molar-refractivity contribution in [3.63, 3.8) is 0 Å². The van der Waals surface area contributed by atoms with Gasteiger partial charge in [-0.15, -0.1) is 0 Å². The lowest BCUT2D eigenvalue weighted by Gasteiger charge is -2.05. The van der Waals surface area contributed by atoms with Gasteiger partial charge in [0.1, 0.15) is 0 Å². The Morgan fingerprint density at radius 2 is 2.27 bits per heavy atom. The molecule has 0 fully saturated rings. The Balaban J connectivity index is 4.25. The van der Waals surface area contributed by atoms with Crippen LogP contribution in [-0.4, -0.2) is 11.0 Å². The van der Waals surface area contributed by atoms with Crippen LogP contribution in [0.25, 0.3) is 0 Å². The summed E-state index contributed by atoms with van der Waals surface area (Å²) in [5.74, 6) is 4.78. The number of hydrazine groups is 1. The fraction of sp³-hybridized carbons (Fsp3) is 0.200. The maximum absolute atomic E-state index is 11.3. The van der Waals surface area contributed by atoms with Gasteiger partial charge in [-0.3, -0.25) is 4.79 Å². The van der Waals surface area contributed by atoms with E-state index in [1.807, 2.05) is 25.2 Å². The first-order chi connectivity index (χ1) is 7.13. The van der Waals surface area contributed by atoms with Crippen LogP contribution in [0.5, 0.6) is 0 Å². The number of carbonyl (C=O) groups is 1. The second-order valence-electron chi connectivity index (χ2n) is 2.67. The minimum atomic E-state index is -0.228. The monoisotopic (exact) mass is 225 g/mol. The molecule has 0 aliphatic heterocycles. The molecule has 0 spiro atoms. The van der Waals surface area contributed by atoms with Gasteiger partial charge in [-0.25, -0.2) is 5.84 Å². The molecule has 4 N–H and O–H groups in total. The molecule has 0 saturated heterocycles. The number of hydrogen-bond acceptors (Lipinski definition) is 3. The molecule has 0 aliphatic carbocycles. The van der Waals surface area contributed by atoms with Gasteiger partial charge in [0.25, 0.3) is 0 Å². The topological polar surface area (TPSA) is 67.2 Å². The third-order valence-electron chi connectivity index (χ3n) is 1.51. The van der Waals surface area contributed by atoms with E-state index in [-0.39, 0.29) is 17.4 Å². The summed E-state index contributed by atoms with van der Waals surface area (Å²) in [4.78, 5) is 11.3. The predicted molar refractivity (Wildman–Crippen MR) is 65.8 cm³/mol. The Bertz CT molecular complexity index is 308. The van der Waals surface area contributed by atoms with E-state index in [2.05, 4.69) is 29.5 Å². The van der Waals surface area contributed by atoms with Gasteiger partial charge < -0.3 is 10.7 Å². The van der Waals surface area contributed by atoms with Gasteiger partial charge in [0.15, 0.2) is 5.11 Å². The first-order valence-corrected chi connectivity index (χ1v) is 4.79. The fourth-order valence-corrected chi connectivity index (χ4v) is 0.925. The van der Waals surface area contributed by atoms with E-state index < -0.39 is 0 Å². The maximum Gasteiger partial charge on any atom is 0.230 e. The maximum atomic E-state index is 11.3. The van der Waals surface area contributed by atoms with Crippen LogP contribution in [0.2, 0.25) is 0 Å². The summed E-state index contributed by atoms with van der Waals surface area (Å²) in [6.45, 7) is 5.50. The highest BCUT2D eigenvalue weighted by Gasteiger charge is 2.04. The van der Waals surface area contributed by atoms with Crippen molar-refractivity contribution in [2.75, 3.05) is 0 Å². The Morgan fingerprint density at radius 3 is 2.73 bits per heavy atom. The third-order valence-corrected chi connectivity index (χ3v) is 1.73. The van der Waals surface area contributed by atoms with E-state index >= 15 is 0 Å². The SMILES string of the molecule is C=C/C(=C\C=C/C)CC(=O)NC(=S)NN. The zero-order chi connectivity index (χ0) is 11.7. The fourth-order valence-electron chi connectivity index (χ4n) is 0.811. The first-order valence-electron chi connectivity index (χ1n) is 4.38. The van der Waals surface area contributed by atoms with Crippen molar-refractivity contribution >= 4 is 23.2 Å². The largest absolute Gasteiger partial charge is 0.302 e. The number of hydrogen-bond donors (Lipinski definition) is 3. The van der Waals surface area contributed by atoms with Crippen molar-refractivity contribution in [2.24, 2.45) is 5.84 Å². The minimum Gasteiger partial charge on any atom is -0.302 e. The normalized spacial score (nSPS) is 11.2. The minimum absolute atomic E-state index is 0.106. The number of thiocarbonyl (C=S) groups is 1. The van der Waals surface area contributed by atoms with Crippen LogP contribution in [0.3, 0.4) is 0 Å². The van der Waals surface area contributed by atoms with Gasteiger partial charge in [0.05, 0.1) is 6.42 Å². The van der Waals surface area contributed by atoms with Crippen molar-refractivity contribution < 1.29 is 4.79 Å². The molecular formula is C10H15N3OS. The number of amides is 1. The standard InChI is InChI=1S/C10H15N3OS/c1-3-5-6-8(4-2)7-9(14)12-10(15)13-11/h3-6H,2,7,11H2,1H3,(H2,12,13,14,15)/b5-3-,8-6+.